The van der Waals surface area contributed by atoms with Crippen molar-refractivity contribution in [1.29, 1.82) is 0 Å². The minimum atomic E-state index is 0.670. The van der Waals surface area contributed by atoms with Gasteiger partial charge in [0.15, 0.2) is 0 Å². The van der Waals surface area contributed by atoms with Crippen LogP contribution in [0.15, 0.2) is 38.9 Å². The van der Waals surface area contributed by atoms with Gasteiger partial charge in [-0.2, -0.15) is 16.3 Å². The molecule has 21 heavy (non-hydrogen) atoms. The van der Waals surface area contributed by atoms with Crippen LogP contribution in [0.3, 0.4) is 0 Å². The first-order valence-electron chi connectivity index (χ1n) is 7.00. The maximum atomic E-state index is 5.42. The molecule has 1 aliphatic rings. The third-order valence-corrected chi connectivity index (χ3v) is 5.13. The van der Waals surface area contributed by atoms with E-state index in [9.17, 15) is 0 Å². The zero-order valence-electron chi connectivity index (χ0n) is 11.4. The number of hydrogen-bond donors (Lipinski definition) is 0. The summed E-state index contributed by atoms with van der Waals surface area (Å²) < 4.78 is 5.42. The molecule has 0 amide bonds. The Balaban J connectivity index is 1.48. The van der Waals surface area contributed by atoms with Crippen molar-refractivity contribution < 1.29 is 4.52 Å². The summed E-state index contributed by atoms with van der Waals surface area (Å²) in [5.41, 5.74) is 1.03. The van der Waals surface area contributed by atoms with Gasteiger partial charge in [-0.3, -0.25) is 4.90 Å². The minimum Gasteiger partial charge on any atom is -0.338 e. The molecule has 0 bridgehead atoms. The van der Waals surface area contributed by atoms with Gasteiger partial charge in [-0.1, -0.05) is 11.2 Å². The van der Waals surface area contributed by atoms with E-state index < -0.39 is 0 Å². The largest absolute Gasteiger partial charge is 0.338 e. The van der Waals surface area contributed by atoms with Gasteiger partial charge in [0.25, 0.3) is 0 Å². The minimum absolute atomic E-state index is 0.670. The molecule has 0 atom stereocenters. The molecule has 1 saturated carbocycles. The summed E-state index contributed by atoms with van der Waals surface area (Å²) in [6.45, 7) is 1.71. The molecule has 0 aliphatic heterocycles. The molecule has 6 heteroatoms. The normalized spacial score (nSPS) is 14.9. The van der Waals surface area contributed by atoms with Gasteiger partial charge in [-0.15, -0.1) is 11.3 Å². The smallest absolute Gasteiger partial charge is 0.241 e. The average Bonchev–Trinajstić information content (AvgIpc) is 2.93. The Kier molecular flexibility index (Phi) is 3.58. The van der Waals surface area contributed by atoms with Crippen LogP contribution >= 0.6 is 22.7 Å². The highest BCUT2D eigenvalue weighted by Gasteiger charge is 2.30. The molecule has 0 radical (unpaired) electrons. The van der Waals surface area contributed by atoms with Gasteiger partial charge in [-0.25, -0.2) is 0 Å². The lowest BCUT2D eigenvalue weighted by atomic mass is 10.3. The van der Waals surface area contributed by atoms with Crippen molar-refractivity contribution in [3.63, 3.8) is 0 Å². The van der Waals surface area contributed by atoms with Crippen molar-refractivity contribution in [2.24, 2.45) is 0 Å². The molecule has 0 unspecified atom stereocenters. The highest BCUT2D eigenvalue weighted by atomic mass is 32.1. The number of nitrogens with zero attached hydrogens (tertiary/aromatic N) is 3. The molecule has 1 aliphatic carbocycles. The molecule has 4 nitrogen and oxygen atoms in total. The lowest BCUT2D eigenvalue weighted by Crippen LogP contribution is -2.24. The number of hydrogen-bond acceptors (Lipinski definition) is 6. The second kappa shape index (κ2) is 5.71. The van der Waals surface area contributed by atoms with Crippen LogP contribution in [0.4, 0.5) is 0 Å². The zero-order chi connectivity index (χ0) is 14.1. The fraction of sp³-hybridized carbons (Fsp3) is 0.333. The third kappa shape index (κ3) is 3.07. The van der Waals surface area contributed by atoms with Crippen molar-refractivity contribution in [1.82, 2.24) is 15.0 Å². The molecule has 3 heterocycles. The third-order valence-electron chi connectivity index (χ3n) is 3.59. The summed E-state index contributed by atoms with van der Waals surface area (Å²) in [4.78, 5) is 8.35. The Morgan fingerprint density at radius 1 is 1.24 bits per heavy atom. The molecule has 4 rings (SSSR count). The van der Waals surface area contributed by atoms with Crippen LogP contribution in [0.25, 0.3) is 11.4 Å². The highest BCUT2D eigenvalue weighted by molar-refractivity contribution is 7.09. The molecule has 108 valence electrons. The van der Waals surface area contributed by atoms with Gasteiger partial charge in [-0.05, 0) is 35.7 Å². The van der Waals surface area contributed by atoms with Gasteiger partial charge in [0.05, 0.1) is 6.54 Å². The van der Waals surface area contributed by atoms with Crippen LogP contribution in [-0.4, -0.2) is 21.1 Å². The van der Waals surface area contributed by atoms with Gasteiger partial charge < -0.3 is 4.52 Å². The fourth-order valence-corrected chi connectivity index (χ4v) is 3.72. The molecule has 0 N–H and O–H groups in total. The monoisotopic (exact) mass is 317 g/mol. The van der Waals surface area contributed by atoms with E-state index in [4.69, 9.17) is 4.52 Å². The standard InChI is InChI=1S/C15H15N3OS2/c1-2-13(21-6-1)8-18(12-3-4-12)9-14-16-15(17-19-14)11-5-7-20-10-11/h1-2,5-7,10,12H,3-4,8-9H2. The predicted molar refractivity (Wildman–Crippen MR) is 84.2 cm³/mol. The van der Waals surface area contributed by atoms with E-state index in [-0.39, 0.29) is 0 Å². The Hall–Kier alpha value is -1.50. The van der Waals surface area contributed by atoms with E-state index in [0.717, 1.165) is 18.7 Å². The maximum Gasteiger partial charge on any atom is 0.241 e. The molecule has 0 spiro atoms. The van der Waals surface area contributed by atoms with Gasteiger partial charge >= 0.3 is 0 Å². The molecule has 1 fully saturated rings. The summed E-state index contributed by atoms with van der Waals surface area (Å²) in [6.07, 6.45) is 2.55. The van der Waals surface area contributed by atoms with Crippen molar-refractivity contribution in [2.45, 2.75) is 32.0 Å². The van der Waals surface area contributed by atoms with Crippen molar-refractivity contribution >= 4 is 22.7 Å². The molecular weight excluding hydrogens is 302 g/mol. The second-order valence-electron chi connectivity index (χ2n) is 5.24. The predicted octanol–water partition coefficient (Wildman–Crippen LogP) is 4.02. The first kappa shape index (κ1) is 13.2. The highest BCUT2D eigenvalue weighted by Crippen LogP contribution is 2.30. The Morgan fingerprint density at radius 3 is 2.90 bits per heavy atom. The maximum absolute atomic E-state index is 5.42. The lowest BCUT2D eigenvalue weighted by Gasteiger charge is -2.18. The number of thiophene rings is 2. The molecule has 3 aromatic heterocycles. The van der Waals surface area contributed by atoms with Crippen LogP contribution < -0.4 is 0 Å². The van der Waals surface area contributed by atoms with E-state index >= 15 is 0 Å². The van der Waals surface area contributed by atoms with Crippen molar-refractivity contribution in [3.8, 4) is 11.4 Å². The first-order chi connectivity index (χ1) is 10.4. The topological polar surface area (TPSA) is 42.2 Å². The van der Waals surface area contributed by atoms with Crippen LogP contribution in [0.1, 0.15) is 23.6 Å². The first-order valence-corrected chi connectivity index (χ1v) is 8.82. The van der Waals surface area contributed by atoms with Gasteiger partial charge in [0, 0.05) is 28.4 Å². The number of rotatable bonds is 6. The van der Waals surface area contributed by atoms with E-state index in [1.54, 1.807) is 22.7 Å². The van der Waals surface area contributed by atoms with Crippen molar-refractivity contribution in [2.75, 3.05) is 0 Å². The summed E-state index contributed by atoms with van der Waals surface area (Å²) in [7, 11) is 0. The quantitative estimate of drug-likeness (QED) is 0.688. The zero-order valence-corrected chi connectivity index (χ0v) is 13.1. The molecule has 3 aromatic rings. The van der Waals surface area contributed by atoms with Crippen molar-refractivity contribution in [3.05, 3.63) is 45.1 Å². The Morgan fingerprint density at radius 2 is 2.19 bits per heavy atom. The summed E-state index contributed by atoms with van der Waals surface area (Å²) >= 11 is 3.45. The molecule has 0 aromatic carbocycles. The Bertz CT molecular complexity index is 686. The van der Waals surface area contributed by atoms with Crippen LogP contribution in [-0.2, 0) is 13.1 Å². The fourth-order valence-electron chi connectivity index (χ4n) is 2.36. The Labute approximate surface area is 131 Å². The molecule has 0 saturated heterocycles. The summed E-state index contributed by atoms with van der Waals surface area (Å²) in [5.74, 6) is 1.40. The average molecular weight is 317 g/mol. The molecular formula is C15H15N3OS2. The SMILES string of the molecule is c1csc(CN(Cc2nc(-c3ccsc3)no2)C2CC2)c1. The van der Waals surface area contributed by atoms with E-state index in [1.807, 2.05) is 16.8 Å². The van der Waals surface area contributed by atoms with E-state index in [2.05, 4.69) is 32.6 Å². The summed E-state index contributed by atoms with van der Waals surface area (Å²) in [5, 5.41) is 10.3. The van der Waals surface area contributed by atoms with E-state index in [0.29, 0.717) is 17.8 Å². The van der Waals surface area contributed by atoms with Gasteiger partial charge in [0.1, 0.15) is 0 Å². The van der Waals surface area contributed by atoms with Crippen LogP contribution in [0.5, 0.6) is 0 Å². The van der Waals surface area contributed by atoms with Gasteiger partial charge in [0.2, 0.25) is 11.7 Å². The number of aromatic nitrogens is 2. The van der Waals surface area contributed by atoms with E-state index in [1.165, 1.54) is 17.7 Å². The van der Waals surface area contributed by atoms with Crippen LogP contribution in [0.2, 0.25) is 0 Å². The summed E-state index contributed by atoms with van der Waals surface area (Å²) in [6, 6.07) is 6.98. The van der Waals surface area contributed by atoms with Crippen LogP contribution in [0, 0.1) is 0 Å². The lowest BCUT2D eigenvalue weighted by molar-refractivity contribution is 0.211. The second-order valence-corrected chi connectivity index (χ2v) is 7.05.